The highest BCUT2D eigenvalue weighted by Gasteiger charge is 2.23. The van der Waals surface area contributed by atoms with Crippen LogP contribution in [0.25, 0.3) is 144 Å². The number of nitrogens with zero attached hydrogens (tertiary/aromatic N) is 5. The van der Waals surface area contributed by atoms with E-state index < -0.39 is 0 Å². The molecular formula is C69H43N5O. The average Bonchev–Trinajstić information content (AvgIpc) is 4.14. The van der Waals surface area contributed by atoms with Gasteiger partial charge in [-0.05, 0) is 123 Å². The molecule has 4 heterocycles. The van der Waals surface area contributed by atoms with Crippen LogP contribution in [-0.4, -0.2) is 24.1 Å². The smallest absolute Gasteiger partial charge is 0.238 e. The number of furan rings is 1. The van der Waals surface area contributed by atoms with Gasteiger partial charge in [0, 0.05) is 43.4 Å². The van der Waals surface area contributed by atoms with Crippen LogP contribution < -0.4 is 0 Å². The van der Waals surface area contributed by atoms with Crippen molar-refractivity contribution in [2.45, 2.75) is 0 Å². The first-order chi connectivity index (χ1) is 37.2. The SMILES string of the molecule is c1ccc(-c2ccc3c(c2)c2cc(-c4ccccc4)ccc2n3-c2nc(-c3ccc4c(c3)oc3ccccc34)nc(-c3ccccc3-n3c4ccc(-c5ccccc5)cc4c4cc(-c5ccccc5)ccc43)n2)cc1. The first kappa shape index (κ1) is 42.5. The van der Waals surface area contributed by atoms with E-state index in [-0.39, 0.29) is 0 Å². The van der Waals surface area contributed by atoms with Gasteiger partial charge in [-0.25, -0.2) is 4.98 Å². The Labute approximate surface area is 431 Å². The normalized spacial score (nSPS) is 11.7. The van der Waals surface area contributed by atoms with Crippen molar-refractivity contribution in [2.24, 2.45) is 0 Å². The second-order valence-corrected chi connectivity index (χ2v) is 19.2. The molecule has 0 saturated carbocycles. The maximum Gasteiger partial charge on any atom is 0.238 e. The van der Waals surface area contributed by atoms with Crippen LogP contribution in [0.4, 0.5) is 0 Å². The summed E-state index contributed by atoms with van der Waals surface area (Å²) < 4.78 is 11.1. The zero-order valence-corrected chi connectivity index (χ0v) is 40.5. The van der Waals surface area contributed by atoms with Crippen molar-refractivity contribution in [1.82, 2.24) is 24.1 Å². The molecular weight excluding hydrogens is 915 g/mol. The summed E-state index contributed by atoms with van der Waals surface area (Å²) in [5.41, 5.74) is 17.6. The van der Waals surface area contributed by atoms with Crippen molar-refractivity contribution in [3.63, 3.8) is 0 Å². The molecule has 4 aromatic heterocycles. The molecule has 0 bridgehead atoms. The lowest BCUT2D eigenvalue weighted by Gasteiger charge is -2.15. The standard InChI is InChI=1S/C69H43N5O/c1-5-17-44(18-6-1)48-30-35-61-56(39-48)57-40-49(45-19-7-2-8-20-45)31-36-62(57)73(61)60-27-15-13-26-55(60)68-70-67(52-29-34-54-53-25-14-16-28-65(53)75-66(54)43-52)71-69(72-68)74-63-37-32-50(46-21-9-3-10-22-46)41-58(63)59-42-51(33-38-64(59)74)47-23-11-4-12-24-47/h1-43H. The van der Waals surface area contributed by atoms with E-state index in [0.29, 0.717) is 17.6 Å². The summed E-state index contributed by atoms with van der Waals surface area (Å²) in [6, 6.07) is 92.4. The molecule has 0 unspecified atom stereocenters. The van der Waals surface area contributed by atoms with E-state index in [1.54, 1.807) is 0 Å². The molecule has 0 aliphatic heterocycles. The zero-order valence-electron chi connectivity index (χ0n) is 40.5. The highest BCUT2D eigenvalue weighted by Crippen LogP contribution is 2.42. The molecule has 0 N–H and O–H groups in total. The van der Waals surface area contributed by atoms with Crippen molar-refractivity contribution >= 4 is 65.6 Å². The molecule has 0 atom stereocenters. The lowest BCUT2D eigenvalue weighted by Crippen LogP contribution is -2.08. The monoisotopic (exact) mass is 957 g/mol. The lowest BCUT2D eigenvalue weighted by atomic mass is 10.0. The first-order valence-electron chi connectivity index (χ1n) is 25.3. The van der Waals surface area contributed by atoms with E-state index in [1.807, 2.05) is 18.2 Å². The first-order valence-corrected chi connectivity index (χ1v) is 25.3. The molecule has 0 aliphatic rings. The predicted molar refractivity (Wildman–Crippen MR) is 308 cm³/mol. The minimum absolute atomic E-state index is 0.511. The second kappa shape index (κ2) is 17.3. The number of benzene rings is 11. The molecule has 0 radical (unpaired) electrons. The van der Waals surface area contributed by atoms with E-state index in [4.69, 9.17) is 19.4 Å². The van der Waals surface area contributed by atoms with Crippen LogP contribution in [0, 0.1) is 0 Å². The van der Waals surface area contributed by atoms with Gasteiger partial charge in [0.2, 0.25) is 5.95 Å². The van der Waals surface area contributed by atoms with Gasteiger partial charge < -0.3 is 8.98 Å². The number of aromatic nitrogens is 5. The molecule has 0 fully saturated rings. The van der Waals surface area contributed by atoms with Crippen LogP contribution in [-0.2, 0) is 0 Å². The summed E-state index contributed by atoms with van der Waals surface area (Å²) in [4.78, 5) is 16.5. The number of hydrogen-bond acceptors (Lipinski definition) is 4. The molecule has 0 spiro atoms. The highest BCUT2D eigenvalue weighted by atomic mass is 16.3. The van der Waals surface area contributed by atoms with Crippen LogP contribution in [0.5, 0.6) is 0 Å². The number of fused-ring (bicyclic) bond motifs is 9. The summed E-state index contributed by atoms with van der Waals surface area (Å²) in [5, 5.41) is 6.63. The third-order valence-electron chi connectivity index (χ3n) is 14.8. The van der Waals surface area contributed by atoms with E-state index in [9.17, 15) is 0 Å². The Balaban J connectivity index is 0.989. The van der Waals surface area contributed by atoms with E-state index in [1.165, 1.54) is 11.1 Å². The van der Waals surface area contributed by atoms with Crippen LogP contribution in [0.15, 0.2) is 265 Å². The van der Waals surface area contributed by atoms with Gasteiger partial charge in [0.1, 0.15) is 11.2 Å². The molecule has 15 aromatic rings. The third kappa shape index (κ3) is 7.14. The fourth-order valence-corrected chi connectivity index (χ4v) is 11.2. The third-order valence-corrected chi connectivity index (χ3v) is 14.8. The number of para-hydroxylation sites is 2. The van der Waals surface area contributed by atoms with Crippen LogP contribution in [0.3, 0.4) is 0 Å². The fourth-order valence-electron chi connectivity index (χ4n) is 11.2. The van der Waals surface area contributed by atoms with Crippen LogP contribution >= 0.6 is 0 Å². The van der Waals surface area contributed by atoms with Gasteiger partial charge in [0.05, 0.1) is 27.8 Å². The summed E-state index contributed by atoms with van der Waals surface area (Å²) in [7, 11) is 0. The van der Waals surface area contributed by atoms with E-state index in [2.05, 4.69) is 252 Å². The molecule has 0 aliphatic carbocycles. The van der Waals surface area contributed by atoms with E-state index >= 15 is 0 Å². The van der Waals surface area contributed by atoms with Gasteiger partial charge >= 0.3 is 0 Å². The van der Waals surface area contributed by atoms with Crippen molar-refractivity contribution in [3.05, 3.63) is 261 Å². The summed E-state index contributed by atoms with van der Waals surface area (Å²) in [5.74, 6) is 1.59. The van der Waals surface area contributed by atoms with Crippen molar-refractivity contribution < 1.29 is 4.42 Å². The Morgan fingerprint density at radius 1 is 0.253 bits per heavy atom. The maximum atomic E-state index is 6.49. The van der Waals surface area contributed by atoms with Gasteiger partial charge in [-0.15, -0.1) is 0 Å². The van der Waals surface area contributed by atoms with Gasteiger partial charge in [-0.1, -0.05) is 182 Å². The Hall–Kier alpha value is -10.2. The quantitative estimate of drug-likeness (QED) is 0.152. The van der Waals surface area contributed by atoms with Gasteiger partial charge in [0.25, 0.3) is 0 Å². The molecule has 0 saturated heterocycles. The molecule has 6 heteroatoms. The largest absolute Gasteiger partial charge is 0.456 e. The molecule has 350 valence electrons. The minimum atomic E-state index is 0.511. The van der Waals surface area contributed by atoms with Crippen LogP contribution in [0.1, 0.15) is 0 Å². The Morgan fingerprint density at radius 2 is 0.653 bits per heavy atom. The van der Waals surface area contributed by atoms with Crippen LogP contribution in [0.2, 0.25) is 0 Å². The van der Waals surface area contributed by atoms with Gasteiger partial charge in [-0.3, -0.25) is 4.57 Å². The highest BCUT2D eigenvalue weighted by molar-refractivity contribution is 6.13. The fraction of sp³-hybridized carbons (Fsp3) is 0. The van der Waals surface area contributed by atoms with Gasteiger partial charge in [-0.2, -0.15) is 9.97 Å². The molecule has 15 rings (SSSR count). The Kier molecular flexibility index (Phi) is 9.78. The van der Waals surface area contributed by atoms with E-state index in [0.717, 1.165) is 116 Å². The molecule has 0 amide bonds. The van der Waals surface area contributed by atoms with Gasteiger partial charge in [0.15, 0.2) is 11.6 Å². The van der Waals surface area contributed by atoms with Crippen molar-refractivity contribution in [2.75, 3.05) is 0 Å². The maximum absolute atomic E-state index is 6.49. The summed E-state index contributed by atoms with van der Waals surface area (Å²) in [6.45, 7) is 0. The van der Waals surface area contributed by atoms with Crippen molar-refractivity contribution in [1.29, 1.82) is 0 Å². The summed E-state index contributed by atoms with van der Waals surface area (Å²) in [6.07, 6.45) is 0. The number of rotatable bonds is 8. The average molecular weight is 958 g/mol. The predicted octanol–water partition coefficient (Wildman–Crippen LogP) is 18.0. The second-order valence-electron chi connectivity index (χ2n) is 19.2. The Morgan fingerprint density at radius 3 is 1.16 bits per heavy atom. The van der Waals surface area contributed by atoms with Crippen molar-refractivity contribution in [3.8, 4) is 78.9 Å². The lowest BCUT2D eigenvalue weighted by molar-refractivity contribution is 0.669. The molecule has 6 nitrogen and oxygen atoms in total. The molecule has 75 heavy (non-hydrogen) atoms. The molecule has 11 aromatic carbocycles. The topological polar surface area (TPSA) is 61.7 Å². The minimum Gasteiger partial charge on any atom is -0.456 e. The Bertz CT molecular complexity index is 4500. The number of hydrogen-bond donors (Lipinski definition) is 0. The zero-order chi connectivity index (χ0) is 49.4. The summed E-state index contributed by atoms with van der Waals surface area (Å²) >= 11 is 0.